The van der Waals surface area contributed by atoms with Crippen molar-refractivity contribution in [2.24, 2.45) is 0 Å². The van der Waals surface area contributed by atoms with Crippen LogP contribution in [0.25, 0.3) is 0 Å². The Balaban J connectivity index is 2.03. The molecule has 118 valence electrons. The molecule has 22 heavy (non-hydrogen) atoms. The fourth-order valence-electron chi connectivity index (χ4n) is 2.06. The number of nitrogens with zero attached hydrogens (tertiary/aromatic N) is 2. The van der Waals surface area contributed by atoms with E-state index in [4.69, 9.17) is 5.26 Å². The molecule has 1 amide bonds. The maximum atomic E-state index is 13.2. The number of likely N-dealkylation sites (tertiary alicyclic amines) is 1. The van der Waals surface area contributed by atoms with Crippen molar-refractivity contribution in [1.29, 1.82) is 5.26 Å². The van der Waals surface area contributed by atoms with E-state index in [1.165, 1.54) is 24.3 Å². The van der Waals surface area contributed by atoms with Crippen molar-refractivity contribution in [3.8, 4) is 6.07 Å². The molecule has 1 heterocycles. The molecule has 1 aliphatic heterocycles. The van der Waals surface area contributed by atoms with Crippen LogP contribution >= 0.6 is 0 Å². The third-order valence-corrected chi connectivity index (χ3v) is 4.39. The number of benzene rings is 1. The van der Waals surface area contributed by atoms with Crippen molar-refractivity contribution < 1.29 is 26.2 Å². The van der Waals surface area contributed by atoms with Crippen molar-refractivity contribution in [1.82, 2.24) is 4.90 Å². The second-order valence-electron chi connectivity index (χ2n) is 4.76. The van der Waals surface area contributed by atoms with E-state index >= 15 is 0 Å². The van der Waals surface area contributed by atoms with Gasteiger partial charge in [-0.3, -0.25) is 8.98 Å². The number of hydrogen-bond acceptors (Lipinski definition) is 5. The van der Waals surface area contributed by atoms with E-state index in [1.54, 1.807) is 12.1 Å². The number of amides is 1. The van der Waals surface area contributed by atoms with E-state index in [9.17, 15) is 22.0 Å². The third-order valence-electron chi connectivity index (χ3n) is 3.11. The largest absolute Gasteiger partial charge is 0.318 e. The molecule has 0 aromatic heterocycles. The molecule has 6 nitrogen and oxygen atoms in total. The SMILES string of the molecule is N#C[C@@H]1CC(F)(F)CN1C(=O)COS(=O)(=O)c1ccccc1. The molecule has 0 radical (unpaired) electrons. The normalized spacial score (nSPS) is 20.6. The monoisotopic (exact) mass is 330 g/mol. The summed E-state index contributed by atoms with van der Waals surface area (Å²) < 4.78 is 54.7. The van der Waals surface area contributed by atoms with Crippen molar-refractivity contribution in [2.45, 2.75) is 23.3 Å². The standard InChI is InChI=1S/C13H12F2N2O4S/c14-13(15)6-10(7-16)17(9-13)12(18)8-21-22(19,20)11-4-2-1-3-5-11/h1-5,10H,6,8-9H2/t10-/m0/s1. The van der Waals surface area contributed by atoms with E-state index in [2.05, 4.69) is 4.18 Å². The predicted octanol–water partition coefficient (Wildman–Crippen LogP) is 1.15. The van der Waals surface area contributed by atoms with Crippen LogP contribution < -0.4 is 0 Å². The van der Waals surface area contributed by atoms with Crippen LogP contribution in [0.5, 0.6) is 0 Å². The molecular weight excluding hydrogens is 318 g/mol. The molecule has 1 aliphatic rings. The van der Waals surface area contributed by atoms with E-state index in [0.29, 0.717) is 4.90 Å². The number of hydrogen-bond donors (Lipinski definition) is 0. The molecule has 0 spiro atoms. The van der Waals surface area contributed by atoms with Gasteiger partial charge in [-0.25, -0.2) is 8.78 Å². The predicted molar refractivity (Wildman–Crippen MR) is 70.3 cm³/mol. The first-order valence-corrected chi connectivity index (χ1v) is 7.67. The molecular formula is C13H12F2N2O4S. The zero-order valence-electron chi connectivity index (χ0n) is 11.3. The Bertz CT molecular complexity index is 701. The van der Waals surface area contributed by atoms with Crippen molar-refractivity contribution >= 4 is 16.0 Å². The summed E-state index contributed by atoms with van der Waals surface area (Å²) in [6, 6.07) is 7.43. The molecule has 0 bridgehead atoms. The Morgan fingerprint density at radius 2 is 2.05 bits per heavy atom. The third kappa shape index (κ3) is 3.58. The van der Waals surface area contributed by atoms with Crippen molar-refractivity contribution in [2.75, 3.05) is 13.2 Å². The van der Waals surface area contributed by atoms with E-state index in [0.717, 1.165) is 0 Å². The molecule has 0 saturated carbocycles. The van der Waals surface area contributed by atoms with Crippen LogP contribution in [0.1, 0.15) is 6.42 Å². The van der Waals surface area contributed by atoms with Gasteiger partial charge >= 0.3 is 0 Å². The van der Waals surface area contributed by atoms with Crippen LogP contribution in [0, 0.1) is 11.3 Å². The number of halogens is 2. The molecule has 0 unspecified atom stereocenters. The molecule has 2 rings (SSSR count). The summed E-state index contributed by atoms with van der Waals surface area (Å²) in [7, 11) is -4.16. The fraction of sp³-hybridized carbons (Fsp3) is 0.385. The fourth-order valence-corrected chi connectivity index (χ4v) is 2.94. The highest BCUT2D eigenvalue weighted by molar-refractivity contribution is 7.86. The maximum Gasteiger partial charge on any atom is 0.297 e. The number of rotatable bonds is 4. The van der Waals surface area contributed by atoms with Crippen LogP contribution in [-0.4, -0.2) is 44.3 Å². The van der Waals surface area contributed by atoms with Crippen molar-refractivity contribution in [3.05, 3.63) is 30.3 Å². The molecule has 1 atom stereocenters. The highest BCUT2D eigenvalue weighted by Gasteiger charge is 2.47. The van der Waals surface area contributed by atoms with Gasteiger partial charge in [0.05, 0.1) is 17.5 Å². The maximum absolute atomic E-state index is 13.2. The van der Waals surface area contributed by atoms with Gasteiger partial charge in [-0.15, -0.1) is 0 Å². The summed E-state index contributed by atoms with van der Waals surface area (Å²) in [5.74, 6) is -4.13. The zero-order valence-corrected chi connectivity index (χ0v) is 12.1. The van der Waals surface area contributed by atoms with E-state index in [1.807, 2.05) is 0 Å². The smallest absolute Gasteiger partial charge is 0.297 e. The lowest BCUT2D eigenvalue weighted by molar-refractivity contribution is -0.134. The highest BCUT2D eigenvalue weighted by Crippen LogP contribution is 2.31. The quantitative estimate of drug-likeness (QED) is 0.773. The first-order valence-electron chi connectivity index (χ1n) is 6.26. The average molecular weight is 330 g/mol. The van der Waals surface area contributed by atoms with Gasteiger partial charge in [-0.2, -0.15) is 13.7 Å². The average Bonchev–Trinajstić information content (AvgIpc) is 2.81. The Morgan fingerprint density at radius 3 is 2.64 bits per heavy atom. The van der Waals surface area contributed by atoms with Crippen LogP contribution in [0.2, 0.25) is 0 Å². The molecule has 1 fully saturated rings. The van der Waals surface area contributed by atoms with Crippen LogP contribution in [0.3, 0.4) is 0 Å². The first kappa shape index (κ1) is 16.3. The molecule has 1 aromatic carbocycles. The Morgan fingerprint density at radius 1 is 1.41 bits per heavy atom. The lowest BCUT2D eigenvalue weighted by Gasteiger charge is -2.18. The van der Waals surface area contributed by atoms with Crippen LogP contribution in [-0.2, 0) is 19.1 Å². The summed E-state index contributed by atoms with van der Waals surface area (Å²) in [5, 5.41) is 8.79. The summed E-state index contributed by atoms with van der Waals surface area (Å²) in [5.41, 5.74) is 0. The highest BCUT2D eigenvalue weighted by atomic mass is 32.2. The Labute approximate surface area is 126 Å². The second kappa shape index (κ2) is 5.98. The summed E-state index contributed by atoms with van der Waals surface area (Å²) >= 11 is 0. The number of nitriles is 1. The number of carbonyl (C=O) groups excluding carboxylic acids is 1. The molecule has 1 saturated heterocycles. The van der Waals surface area contributed by atoms with Gasteiger partial charge in [0.2, 0.25) is 0 Å². The van der Waals surface area contributed by atoms with Gasteiger partial charge in [-0.05, 0) is 12.1 Å². The zero-order chi connectivity index (χ0) is 16.4. The van der Waals surface area contributed by atoms with E-state index in [-0.39, 0.29) is 4.90 Å². The minimum Gasteiger partial charge on any atom is -0.318 e. The first-order chi connectivity index (χ1) is 10.2. The molecule has 0 aliphatic carbocycles. The van der Waals surface area contributed by atoms with Gasteiger partial charge in [0.1, 0.15) is 12.6 Å². The topological polar surface area (TPSA) is 87.5 Å². The van der Waals surface area contributed by atoms with Gasteiger partial charge in [0.15, 0.2) is 0 Å². The van der Waals surface area contributed by atoms with Crippen LogP contribution in [0.15, 0.2) is 35.2 Å². The van der Waals surface area contributed by atoms with Gasteiger partial charge in [0, 0.05) is 6.42 Å². The summed E-state index contributed by atoms with van der Waals surface area (Å²) in [4.78, 5) is 12.3. The minimum absolute atomic E-state index is 0.147. The molecule has 9 heteroatoms. The molecule has 0 N–H and O–H groups in total. The number of carbonyl (C=O) groups is 1. The summed E-state index contributed by atoms with van der Waals surface area (Å²) in [6.07, 6.45) is -0.763. The Hall–Kier alpha value is -2.05. The van der Waals surface area contributed by atoms with Crippen molar-refractivity contribution in [3.63, 3.8) is 0 Å². The minimum atomic E-state index is -4.16. The Kier molecular flexibility index (Phi) is 4.44. The van der Waals surface area contributed by atoms with Crippen LogP contribution in [0.4, 0.5) is 8.78 Å². The van der Waals surface area contributed by atoms with Gasteiger partial charge < -0.3 is 4.90 Å². The molecule has 1 aromatic rings. The van der Waals surface area contributed by atoms with Gasteiger partial charge in [0.25, 0.3) is 21.9 Å². The second-order valence-corrected chi connectivity index (χ2v) is 6.37. The van der Waals surface area contributed by atoms with E-state index < -0.39 is 47.6 Å². The number of alkyl halides is 2. The van der Waals surface area contributed by atoms with Gasteiger partial charge in [-0.1, -0.05) is 18.2 Å². The lowest BCUT2D eigenvalue weighted by Crippen LogP contribution is -2.38. The summed E-state index contributed by atoms with van der Waals surface area (Å²) in [6.45, 7) is -1.84. The lowest BCUT2D eigenvalue weighted by atomic mass is 10.2.